The lowest BCUT2D eigenvalue weighted by atomic mass is 10.1. The van der Waals surface area contributed by atoms with Gasteiger partial charge in [0.15, 0.2) is 0 Å². The summed E-state index contributed by atoms with van der Waals surface area (Å²) in [6, 6.07) is 0. The summed E-state index contributed by atoms with van der Waals surface area (Å²) >= 11 is 4.29. The maximum Gasteiger partial charge on any atom is 0.112 e. The summed E-state index contributed by atoms with van der Waals surface area (Å²) in [6.07, 6.45) is -4.01. The van der Waals surface area contributed by atoms with Crippen LogP contribution in [-0.2, 0) is 0 Å². The van der Waals surface area contributed by atoms with E-state index in [4.69, 9.17) is 20.4 Å². The number of thiocarbonyl (C=S) groups is 1. The molecule has 10 heavy (non-hydrogen) atoms. The van der Waals surface area contributed by atoms with Crippen LogP contribution in [0, 0.1) is 0 Å². The Morgan fingerprint density at radius 2 is 1.80 bits per heavy atom. The van der Waals surface area contributed by atoms with E-state index in [1.807, 2.05) is 0 Å². The summed E-state index contributed by atoms with van der Waals surface area (Å²) in [7, 11) is 0. The molecule has 0 fully saturated rings. The van der Waals surface area contributed by atoms with Gasteiger partial charge >= 0.3 is 0 Å². The Bertz CT molecular complexity index is 108. The number of hydrogen-bond acceptors (Lipinski definition) is 5. The summed E-state index contributed by atoms with van der Waals surface area (Å²) < 4.78 is 0. The van der Waals surface area contributed by atoms with Crippen molar-refractivity contribution in [1.82, 2.24) is 0 Å². The van der Waals surface area contributed by atoms with E-state index in [1.165, 1.54) is 0 Å². The fourth-order valence-electron chi connectivity index (χ4n) is 0.416. The summed E-state index contributed by atoms with van der Waals surface area (Å²) in [5.74, 6) is 0. The molecule has 0 amide bonds. The predicted molar refractivity (Wildman–Crippen MR) is 38.8 cm³/mol. The monoisotopic (exact) mass is 166 g/mol. The molecule has 3 unspecified atom stereocenters. The first-order valence-electron chi connectivity index (χ1n) is 2.73. The highest BCUT2D eigenvalue weighted by Crippen LogP contribution is 1.97. The van der Waals surface area contributed by atoms with Crippen molar-refractivity contribution in [1.29, 1.82) is 0 Å². The Morgan fingerprint density at radius 3 is 2.10 bits per heavy atom. The van der Waals surface area contributed by atoms with Crippen molar-refractivity contribution in [3.63, 3.8) is 0 Å². The van der Waals surface area contributed by atoms with Crippen LogP contribution in [0.4, 0.5) is 0 Å². The lowest BCUT2D eigenvalue weighted by Gasteiger charge is -2.17. The zero-order valence-corrected chi connectivity index (χ0v) is 6.03. The topological polar surface area (TPSA) is 80.9 Å². The average Bonchev–Trinajstić information content (AvgIpc) is 2.00. The van der Waals surface area contributed by atoms with Gasteiger partial charge in [0.1, 0.15) is 18.3 Å². The van der Waals surface area contributed by atoms with Crippen molar-refractivity contribution < 1.29 is 20.4 Å². The summed E-state index contributed by atoms with van der Waals surface area (Å²) in [4.78, 5) is 0. The largest absolute Gasteiger partial charge is 0.394 e. The average molecular weight is 166 g/mol. The normalized spacial score (nSPS) is 19.6. The Hall–Kier alpha value is -0.0700. The van der Waals surface area contributed by atoms with Gasteiger partial charge in [0.2, 0.25) is 0 Å². The van der Waals surface area contributed by atoms with Gasteiger partial charge < -0.3 is 20.4 Å². The molecule has 0 bridgehead atoms. The second-order valence-corrected chi connectivity index (χ2v) is 2.14. The maximum atomic E-state index is 8.83. The van der Waals surface area contributed by atoms with Crippen LogP contribution in [0.1, 0.15) is 0 Å². The molecule has 0 aliphatic carbocycles. The molecule has 0 aromatic carbocycles. The van der Waals surface area contributed by atoms with Crippen molar-refractivity contribution in [3.8, 4) is 0 Å². The Balaban J connectivity index is 3.80. The minimum atomic E-state index is -1.40. The first-order valence-corrected chi connectivity index (χ1v) is 3.21. The highest BCUT2D eigenvalue weighted by atomic mass is 32.1. The standard InChI is InChI=1S/C5H10O4S/c6-1-3(7)5(9)4(8)2-10/h2-9H,1H2. The Morgan fingerprint density at radius 1 is 1.30 bits per heavy atom. The zero-order valence-electron chi connectivity index (χ0n) is 5.21. The second-order valence-electron chi connectivity index (χ2n) is 1.87. The second kappa shape index (κ2) is 4.70. The van der Waals surface area contributed by atoms with Gasteiger partial charge in [0, 0.05) is 5.37 Å². The molecule has 0 aliphatic rings. The molecule has 0 aromatic rings. The summed E-state index contributed by atoms with van der Waals surface area (Å²) in [6.45, 7) is -0.596. The molecular weight excluding hydrogens is 156 g/mol. The third kappa shape index (κ3) is 2.68. The van der Waals surface area contributed by atoms with Crippen LogP contribution in [-0.4, -0.2) is 50.7 Å². The molecule has 0 saturated heterocycles. The summed E-state index contributed by atoms with van der Waals surface area (Å²) in [5.41, 5.74) is 0. The van der Waals surface area contributed by atoms with Gasteiger partial charge in [-0.25, -0.2) is 0 Å². The van der Waals surface area contributed by atoms with Crippen molar-refractivity contribution in [2.75, 3.05) is 6.61 Å². The molecule has 0 aliphatic heterocycles. The lowest BCUT2D eigenvalue weighted by molar-refractivity contribution is -0.0536. The number of hydrogen-bond donors (Lipinski definition) is 4. The lowest BCUT2D eigenvalue weighted by Crippen LogP contribution is -2.39. The zero-order chi connectivity index (χ0) is 8.15. The fraction of sp³-hybridized carbons (Fsp3) is 0.800. The molecule has 4 nitrogen and oxygen atoms in total. The minimum absolute atomic E-state index is 0.596. The van der Waals surface area contributed by atoms with Gasteiger partial charge in [-0.1, -0.05) is 12.2 Å². The van der Waals surface area contributed by atoms with E-state index < -0.39 is 24.9 Å². The van der Waals surface area contributed by atoms with Gasteiger partial charge in [-0.3, -0.25) is 0 Å². The van der Waals surface area contributed by atoms with E-state index in [0.717, 1.165) is 5.37 Å². The van der Waals surface area contributed by atoms with Gasteiger partial charge in [0.05, 0.1) is 6.61 Å². The van der Waals surface area contributed by atoms with Crippen molar-refractivity contribution in [3.05, 3.63) is 0 Å². The molecule has 4 N–H and O–H groups in total. The Kier molecular flexibility index (Phi) is 4.67. The first-order chi connectivity index (χ1) is 4.63. The van der Waals surface area contributed by atoms with Crippen LogP contribution < -0.4 is 0 Å². The molecule has 0 heterocycles. The first kappa shape index (κ1) is 9.93. The molecule has 0 radical (unpaired) electrons. The van der Waals surface area contributed by atoms with Gasteiger partial charge in [0.25, 0.3) is 0 Å². The van der Waals surface area contributed by atoms with Crippen LogP contribution in [0.2, 0.25) is 0 Å². The summed E-state index contributed by atoms with van der Waals surface area (Å²) in [5, 5.41) is 35.5. The minimum Gasteiger partial charge on any atom is -0.394 e. The molecule has 0 spiro atoms. The molecular formula is C5H10O4S. The molecule has 60 valence electrons. The van der Waals surface area contributed by atoms with Crippen molar-refractivity contribution in [2.45, 2.75) is 18.3 Å². The highest BCUT2D eigenvalue weighted by Gasteiger charge is 2.21. The quantitative estimate of drug-likeness (QED) is 0.365. The van der Waals surface area contributed by atoms with Gasteiger partial charge in [-0.05, 0) is 0 Å². The third-order valence-corrected chi connectivity index (χ3v) is 1.35. The molecule has 0 aromatic heterocycles. The van der Waals surface area contributed by atoms with Crippen molar-refractivity contribution in [2.24, 2.45) is 0 Å². The maximum absolute atomic E-state index is 8.83. The van der Waals surface area contributed by atoms with Gasteiger partial charge in [-0.2, -0.15) is 0 Å². The van der Waals surface area contributed by atoms with E-state index in [1.54, 1.807) is 0 Å². The smallest absolute Gasteiger partial charge is 0.112 e. The van der Waals surface area contributed by atoms with E-state index in [2.05, 4.69) is 12.2 Å². The van der Waals surface area contributed by atoms with E-state index in [-0.39, 0.29) is 0 Å². The third-order valence-electron chi connectivity index (χ3n) is 1.07. The number of aliphatic hydroxyl groups excluding tert-OH is 4. The van der Waals surface area contributed by atoms with E-state index in [9.17, 15) is 0 Å². The van der Waals surface area contributed by atoms with Crippen LogP contribution in [0.3, 0.4) is 0 Å². The van der Waals surface area contributed by atoms with Crippen LogP contribution in [0.15, 0.2) is 0 Å². The van der Waals surface area contributed by atoms with Crippen LogP contribution in [0.5, 0.6) is 0 Å². The SMILES string of the molecule is OCC(O)C(O)C(O)C=S. The fourth-order valence-corrected chi connectivity index (χ4v) is 0.577. The van der Waals surface area contributed by atoms with E-state index in [0.29, 0.717) is 0 Å². The molecule has 3 atom stereocenters. The predicted octanol–water partition coefficient (Wildman–Crippen LogP) is -1.94. The van der Waals surface area contributed by atoms with E-state index >= 15 is 0 Å². The number of aliphatic hydroxyl groups is 4. The number of rotatable bonds is 4. The van der Waals surface area contributed by atoms with Gasteiger partial charge in [-0.15, -0.1) is 0 Å². The molecule has 5 heteroatoms. The van der Waals surface area contributed by atoms with Crippen LogP contribution >= 0.6 is 12.2 Å². The molecule has 0 saturated carbocycles. The van der Waals surface area contributed by atoms with Crippen molar-refractivity contribution >= 4 is 17.6 Å². The molecule has 0 rings (SSSR count). The van der Waals surface area contributed by atoms with Crippen LogP contribution in [0.25, 0.3) is 0 Å². The highest BCUT2D eigenvalue weighted by molar-refractivity contribution is 7.79. The Labute approximate surface area is 63.7 Å².